The number of hydrogen-bond acceptors (Lipinski definition) is 7. The van der Waals surface area contributed by atoms with Gasteiger partial charge in [0.15, 0.2) is 0 Å². The lowest BCUT2D eigenvalue weighted by Crippen LogP contribution is -2.58. The molecule has 0 heterocycles. The predicted octanol–water partition coefficient (Wildman–Crippen LogP) is 5.34. The number of esters is 1. The summed E-state index contributed by atoms with van der Waals surface area (Å²) in [5.74, 6) is 0.423. The summed E-state index contributed by atoms with van der Waals surface area (Å²) in [5, 5.41) is 10.9. The predicted molar refractivity (Wildman–Crippen MR) is 138 cm³/mol. The summed E-state index contributed by atoms with van der Waals surface area (Å²) < 4.78 is 15.9. The van der Waals surface area contributed by atoms with Crippen molar-refractivity contribution in [3.8, 4) is 0 Å². The van der Waals surface area contributed by atoms with Gasteiger partial charge >= 0.3 is 5.97 Å². The second-order valence-electron chi connectivity index (χ2n) is 12.0. The molecule has 7 heteroatoms. The Labute approximate surface area is 221 Å². The molecule has 7 nitrogen and oxygen atoms in total. The molecule has 0 aromatic heterocycles. The van der Waals surface area contributed by atoms with Crippen LogP contribution in [0, 0.1) is 17.3 Å². The first kappa shape index (κ1) is 27.9. The number of unbranched alkanes of at least 4 members (excludes halogenated alkanes) is 7. The number of ketones is 2. The molecule has 0 aromatic carbocycles. The number of methoxy groups -OCH3 is 2. The molecule has 2 atom stereocenters. The van der Waals surface area contributed by atoms with Crippen LogP contribution in [-0.2, 0) is 28.6 Å². The van der Waals surface area contributed by atoms with Crippen LogP contribution in [0.1, 0.15) is 103 Å². The average molecular weight is 517 g/mol. The van der Waals surface area contributed by atoms with Crippen molar-refractivity contribution in [3.63, 3.8) is 0 Å². The molecule has 0 amide bonds. The third-order valence-electron chi connectivity index (χ3n) is 9.11. The van der Waals surface area contributed by atoms with Gasteiger partial charge in [0.2, 0.25) is 23.1 Å². The number of ether oxygens (including phenoxy) is 3. The van der Waals surface area contributed by atoms with Crippen LogP contribution in [-0.4, -0.2) is 49.1 Å². The van der Waals surface area contributed by atoms with Crippen LogP contribution in [0.15, 0.2) is 22.7 Å². The lowest BCUT2D eigenvalue weighted by molar-refractivity contribution is -0.196. The Kier molecular flexibility index (Phi) is 8.82. The van der Waals surface area contributed by atoms with Crippen molar-refractivity contribution in [3.05, 3.63) is 22.7 Å². The molecule has 37 heavy (non-hydrogen) atoms. The molecule has 5 aliphatic rings. The molecule has 0 spiro atoms. The maximum atomic E-state index is 12.9. The van der Waals surface area contributed by atoms with Crippen LogP contribution in [0.2, 0.25) is 0 Å². The van der Waals surface area contributed by atoms with E-state index in [4.69, 9.17) is 14.2 Å². The van der Waals surface area contributed by atoms with E-state index in [2.05, 4.69) is 0 Å². The van der Waals surface area contributed by atoms with E-state index in [1.54, 1.807) is 6.92 Å². The van der Waals surface area contributed by atoms with Crippen LogP contribution in [0.25, 0.3) is 0 Å². The van der Waals surface area contributed by atoms with E-state index in [0.717, 1.165) is 77.0 Å². The summed E-state index contributed by atoms with van der Waals surface area (Å²) >= 11 is 0. The van der Waals surface area contributed by atoms with Crippen LogP contribution in [0.5, 0.6) is 0 Å². The molecule has 5 aliphatic carbocycles. The Morgan fingerprint density at radius 1 is 0.838 bits per heavy atom. The van der Waals surface area contributed by atoms with E-state index in [-0.39, 0.29) is 29.1 Å². The highest BCUT2D eigenvalue weighted by Gasteiger charge is 2.60. The molecule has 4 saturated carbocycles. The lowest BCUT2D eigenvalue weighted by atomic mass is 9.48. The third-order valence-corrected chi connectivity index (χ3v) is 9.11. The molecule has 2 unspecified atom stereocenters. The van der Waals surface area contributed by atoms with E-state index in [1.165, 1.54) is 20.6 Å². The van der Waals surface area contributed by atoms with Gasteiger partial charge in [0.05, 0.1) is 31.8 Å². The maximum absolute atomic E-state index is 12.9. The first-order valence-corrected chi connectivity index (χ1v) is 14.2. The lowest BCUT2D eigenvalue weighted by Gasteiger charge is -2.58. The van der Waals surface area contributed by atoms with Crippen molar-refractivity contribution >= 4 is 17.5 Å². The van der Waals surface area contributed by atoms with Gasteiger partial charge in [-0.1, -0.05) is 38.5 Å². The fourth-order valence-electron chi connectivity index (χ4n) is 7.73. The maximum Gasteiger partial charge on any atom is 0.312 e. The molecular formula is C30H44O7. The van der Waals surface area contributed by atoms with Gasteiger partial charge in [0.25, 0.3) is 0 Å². The first-order valence-electron chi connectivity index (χ1n) is 14.2. The van der Waals surface area contributed by atoms with Crippen molar-refractivity contribution in [1.82, 2.24) is 0 Å². The Hall–Kier alpha value is -2.15. The largest absolute Gasteiger partial charge is 0.489 e. The summed E-state index contributed by atoms with van der Waals surface area (Å²) in [5.41, 5.74) is -0.0434. The molecule has 5 rings (SSSR count). The van der Waals surface area contributed by atoms with E-state index in [9.17, 15) is 19.5 Å². The second-order valence-corrected chi connectivity index (χ2v) is 12.0. The van der Waals surface area contributed by atoms with Crippen molar-refractivity contribution in [2.45, 2.75) is 109 Å². The van der Waals surface area contributed by atoms with Gasteiger partial charge in [0.1, 0.15) is 0 Å². The fraction of sp³-hybridized carbons (Fsp3) is 0.767. The summed E-state index contributed by atoms with van der Waals surface area (Å²) in [7, 11) is 2.76. The van der Waals surface area contributed by atoms with E-state index in [0.29, 0.717) is 42.4 Å². The summed E-state index contributed by atoms with van der Waals surface area (Å²) in [6, 6.07) is 0. The van der Waals surface area contributed by atoms with Crippen LogP contribution in [0.3, 0.4) is 0 Å². The van der Waals surface area contributed by atoms with Gasteiger partial charge in [-0.2, -0.15) is 0 Å². The molecule has 0 aliphatic heterocycles. The Morgan fingerprint density at radius 2 is 1.38 bits per heavy atom. The zero-order valence-corrected chi connectivity index (χ0v) is 22.9. The normalized spacial score (nSPS) is 30.8. The number of rotatable bonds is 14. The summed E-state index contributed by atoms with van der Waals surface area (Å²) in [6.07, 6.45) is 14.2. The summed E-state index contributed by atoms with van der Waals surface area (Å²) in [6.45, 7) is 2.17. The molecule has 0 radical (unpaired) electrons. The molecule has 0 saturated heterocycles. The molecule has 206 valence electrons. The van der Waals surface area contributed by atoms with Crippen LogP contribution >= 0.6 is 0 Å². The van der Waals surface area contributed by atoms with Gasteiger partial charge < -0.3 is 19.3 Å². The van der Waals surface area contributed by atoms with Crippen molar-refractivity contribution < 1.29 is 33.7 Å². The Morgan fingerprint density at radius 3 is 1.95 bits per heavy atom. The Bertz CT molecular complexity index is 945. The Balaban J connectivity index is 1.05. The molecule has 4 bridgehead atoms. The SMILES string of the molecule is COC1=C(OC)C(=O)C(CCCCCCCCCCOC(=O)C23CC4CC(CC(O)(C4)C2)C3)=C(C)C1=O. The highest BCUT2D eigenvalue weighted by atomic mass is 16.5. The van der Waals surface area contributed by atoms with Crippen LogP contribution in [0.4, 0.5) is 0 Å². The number of carbonyl (C=O) groups excluding carboxylic acids is 3. The van der Waals surface area contributed by atoms with Gasteiger partial charge in [-0.05, 0) is 76.5 Å². The molecular weight excluding hydrogens is 472 g/mol. The van der Waals surface area contributed by atoms with Gasteiger partial charge in [-0.25, -0.2) is 0 Å². The van der Waals surface area contributed by atoms with Crippen molar-refractivity contribution in [2.75, 3.05) is 20.8 Å². The quantitative estimate of drug-likeness (QED) is 0.189. The topological polar surface area (TPSA) is 99.1 Å². The number of allylic oxidation sites excluding steroid dienone is 2. The van der Waals surface area contributed by atoms with E-state index < -0.39 is 11.0 Å². The standard InChI is InChI=1S/C30H44O7/c1-20-23(25(32)27(36-3)26(35-2)24(20)31)12-10-8-6-4-5-7-9-11-13-37-28(33)29-15-21-14-22(16-29)18-30(34,17-21)19-29/h21-22,34H,4-19H2,1-3H3. The van der Waals surface area contributed by atoms with E-state index in [1.807, 2.05) is 0 Å². The smallest absolute Gasteiger partial charge is 0.312 e. The van der Waals surface area contributed by atoms with Gasteiger partial charge in [0, 0.05) is 11.1 Å². The minimum absolute atomic E-state index is 0.00480. The minimum Gasteiger partial charge on any atom is -0.489 e. The fourth-order valence-corrected chi connectivity index (χ4v) is 7.73. The third kappa shape index (κ3) is 5.97. The minimum atomic E-state index is -0.625. The first-order chi connectivity index (χ1) is 17.7. The number of hydrogen-bond donors (Lipinski definition) is 1. The molecule has 4 fully saturated rings. The highest BCUT2D eigenvalue weighted by Crippen LogP contribution is 2.62. The monoisotopic (exact) mass is 516 g/mol. The number of carbonyl (C=O) groups is 3. The van der Waals surface area contributed by atoms with Gasteiger partial charge in [-0.15, -0.1) is 0 Å². The van der Waals surface area contributed by atoms with Crippen molar-refractivity contribution in [1.29, 1.82) is 0 Å². The number of aliphatic hydroxyl groups is 1. The van der Waals surface area contributed by atoms with Crippen LogP contribution < -0.4 is 0 Å². The van der Waals surface area contributed by atoms with E-state index >= 15 is 0 Å². The second kappa shape index (κ2) is 11.7. The zero-order chi connectivity index (χ0) is 26.6. The molecule has 1 N–H and O–H groups in total. The highest BCUT2D eigenvalue weighted by molar-refractivity contribution is 6.23. The zero-order valence-electron chi connectivity index (χ0n) is 22.9. The average Bonchev–Trinajstić information content (AvgIpc) is 2.84. The molecule has 0 aromatic rings. The number of Topliss-reactive ketones (excluding diaryl/α,β-unsaturated/α-hetero) is 2. The summed E-state index contributed by atoms with van der Waals surface area (Å²) in [4.78, 5) is 38.0. The van der Waals surface area contributed by atoms with Crippen molar-refractivity contribution in [2.24, 2.45) is 17.3 Å². The van der Waals surface area contributed by atoms with Gasteiger partial charge in [-0.3, -0.25) is 14.4 Å².